The molecule has 2 amide bonds. The van der Waals surface area contributed by atoms with E-state index in [2.05, 4.69) is 19.4 Å². The van der Waals surface area contributed by atoms with Gasteiger partial charge in [-0.3, -0.25) is 5.32 Å². The van der Waals surface area contributed by atoms with E-state index in [9.17, 15) is 9.59 Å². The molecular formula is C12H16N4O3S. The topological polar surface area (TPSA) is 84.4 Å². The first-order valence-electron chi connectivity index (χ1n) is 6.65. The molecule has 3 rings (SSSR count). The summed E-state index contributed by atoms with van der Waals surface area (Å²) in [4.78, 5) is 29.1. The zero-order valence-corrected chi connectivity index (χ0v) is 12.0. The maximum atomic E-state index is 12.1. The maximum absolute atomic E-state index is 12.1. The van der Waals surface area contributed by atoms with Crippen LogP contribution in [-0.2, 0) is 4.74 Å². The molecule has 7 nitrogen and oxygen atoms in total. The van der Waals surface area contributed by atoms with Crippen LogP contribution in [0.15, 0.2) is 0 Å². The quantitative estimate of drug-likeness (QED) is 0.838. The van der Waals surface area contributed by atoms with E-state index in [0.717, 1.165) is 24.6 Å². The van der Waals surface area contributed by atoms with Crippen LogP contribution >= 0.6 is 11.5 Å². The van der Waals surface area contributed by atoms with Gasteiger partial charge >= 0.3 is 12.0 Å². The highest BCUT2D eigenvalue weighted by molar-refractivity contribution is 7.10. The molecule has 1 aromatic rings. The second-order valence-corrected chi connectivity index (χ2v) is 5.95. The number of fused-ring (bicyclic) bond motifs is 1. The van der Waals surface area contributed by atoms with Crippen molar-refractivity contribution in [3.63, 3.8) is 0 Å². The molecule has 1 saturated heterocycles. The number of likely N-dealkylation sites (tertiary alicyclic amines) is 1. The van der Waals surface area contributed by atoms with Gasteiger partial charge in [0.2, 0.25) is 5.13 Å². The lowest BCUT2D eigenvalue weighted by atomic mass is 10.0. The number of methoxy groups -OCH3 is 1. The Hall–Kier alpha value is -1.70. The number of carbonyl (C=O) groups excluding carboxylic acids is 2. The Labute approximate surface area is 120 Å². The van der Waals surface area contributed by atoms with Crippen molar-refractivity contribution in [1.29, 1.82) is 0 Å². The van der Waals surface area contributed by atoms with Crippen molar-refractivity contribution in [2.24, 2.45) is 11.8 Å². The molecule has 1 saturated carbocycles. The molecule has 1 aliphatic heterocycles. The van der Waals surface area contributed by atoms with Crippen molar-refractivity contribution in [3.05, 3.63) is 5.82 Å². The Balaban J connectivity index is 1.59. The number of hydrogen-bond acceptors (Lipinski definition) is 6. The number of aromatic nitrogens is 2. The molecule has 2 aliphatic rings. The number of rotatable bonds is 2. The van der Waals surface area contributed by atoms with E-state index in [0.29, 0.717) is 17.0 Å². The molecule has 2 atom stereocenters. The largest absolute Gasteiger partial charge is 0.463 e. The molecule has 8 heteroatoms. The molecule has 1 aliphatic carbocycles. The van der Waals surface area contributed by atoms with E-state index in [4.69, 9.17) is 0 Å². The lowest BCUT2D eigenvalue weighted by Crippen LogP contribution is -2.33. The van der Waals surface area contributed by atoms with Gasteiger partial charge in [0, 0.05) is 24.6 Å². The van der Waals surface area contributed by atoms with Crippen LogP contribution in [0.5, 0.6) is 0 Å². The van der Waals surface area contributed by atoms with Gasteiger partial charge in [-0.15, -0.1) is 0 Å². The van der Waals surface area contributed by atoms with Gasteiger partial charge in [0.25, 0.3) is 5.82 Å². The summed E-state index contributed by atoms with van der Waals surface area (Å²) in [5.41, 5.74) is 0. The molecule has 1 N–H and O–H groups in total. The van der Waals surface area contributed by atoms with Crippen LogP contribution < -0.4 is 5.32 Å². The molecule has 2 fully saturated rings. The Morgan fingerprint density at radius 3 is 2.70 bits per heavy atom. The van der Waals surface area contributed by atoms with Crippen LogP contribution in [0.25, 0.3) is 0 Å². The first kappa shape index (κ1) is 13.3. The van der Waals surface area contributed by atoms with Crippen molar-refractivity contribution < 1.29 is 14.3 Å². The number of ether oxygens (including phenoxy) is 1. The van der Waals surface area contributed by atoms with Gasteiger partial charge in [0.15, 0.2) is 0 Å². The molecule has 2 heterocycles. The van der Waals surface area contributed by atoms with Gasteiger partial charge in [-0.2, -0.15) is 9.36 Å². The van der Waals surface area contributed by atoms with Gasteiger partial charge in [0.1, 0.15) is 0 Å². The number of anilines is 1. The molecule has 108 valence electrons. The summed E-state index contributed by atoms with van der Waals surface area (Å²) in [6.07, 6.45) is 3.73. The summed E-state index contributed by atoms with van der Waals surface area (Å²) in [7, 11) is 1.27. The highest BCUT2D eigenvalue weighted by Crippen LogP contribution is 2.37. The van der Waals surface area contributed by atoms with Crippen molar-refractivity contribution >= 4 is 28.7 Å². The first-order valence-corrected chi connectivity index (χ1v) is 7.42. The van der Waals surface area contributed by atoms with Crippen LogP contribution in [0.3, 0.4) is 0 Å². The van der Waals surface area contributed by atoms with Gasteiger partial charge in [-0.25, -0.2) is 9.59 Å². The fourth-order valence-electron chi connectivity index (χ4n) is 3.02. The normalized spacial score (nSPS) is 24.6. The Kier molecular flexibility index (Phi) is 3.56. The zero-order valence-electron chi connectivity index (χ0n) is 11.2. The van der Waals surface area contributed by atoms with Crippen molar-refractivity contribution in [3.8, 4) is 0 Å². The predicted molar refractivity (Wildman–Crippen MR) is 72.7 cm³/mol. The van der Waals surface area contributed by atoms with E-state index in [1.807, 2.05) is 4.90 Å². The summed E-state index contributed by atoms with van der Waals surface area (Å²) >= 11 is 0.981. The zero-order chi connectivity index (χ0) is 14.1. The van der Waals surface area contributed by atoms with E-state index >= 15 is 0 Å². The summed E-state index contributed by atoms with van der Waals surface area (Å²) in [6, 6.07) is -0.160. The van der Waals surface area contributed by atoms with Gasteiger partial charge < -0.3 is 9.64 Å². The highest BCUT2D eigenvalue weighted by Gasteiger charge is 2.38. The van der Waals surface area contributed by atoms with E-state index < -0.39 is 5.97 Å². The molecule has 0 aromatic carbocycles. The number of urea groups is 1. The molecule has 20 heavy (non-hydrogen) atoms. The average Bonchev–Trinajstić information content (AvgIpc) is 3.11. The van der Waals surface area contributed by atoms with Gasteiger partial charge in [0.05, 0.1) is 7.11 Å². The lowest BCUT2D eigenvalue weighted by molar-refractivity contribution is 0.0588. The van der Waals surface area contributed by atoms with Crippen molar-refractivity contribution in [1.82, 2.24) is 14.3 Å². The minimum absolute atomic E-state index is 0.0221. The molecule has 1 aromatic heterocycles. The average molecular weight is 296 g/mol. The number of hydrogen-bond donors (Lipinski definition) is 1. The summed E-state index contributed by atoms with van der Waals surface area (Å²) < 4.78 is 8.37. The second-order valence-electron chi connectivity index (χ2n) is 5.20. The van der Waals surface area contributed by atoms with Crippen LogP contribution in [0.4, 0.5) is 9.93 Å². The van der Waals surface area contributed by atoms with E-state index in [1.54, 1.807) is 0 Å². The minimum Gasteiger partial charge on any atom is -0.463 e. The predicted octanol–water partition coefficient (Wildman–Crippen LogP) is 1.59. The van der Waals surface area contributed by atoms with Crippen LogP contribution in [0, 0.1) is 11.8 Å². The minimum atomic E-state index is -0.600. The smallest absolute Gasteiger partial charge is 0.377 e. The maximum Gasteiger partial charge on any atom is 0.377 e. The summed E-state index contributed by atoms with van der Waals surface area (Å²) in [6.45, 7) is 1.64. The van der Waals surface area contributed by atoms with Crippen molar-refractivity contribution in [2.75, 3.05) is 25.5 Å². The lowest BCUT2D eigenvalue weighted by Gasteiger charge is -2.16. The molecule has 0 spiro atoms. The highest BCUT2D eigenvalue weighted by atomic mass is 32.1. The standard InChI is InChI=1S/C12H16N4O3S/c1-19-10(17)9-13-11(20-15-9)14-12(18)16-5-7-3-2-4-8(7)6-16/h7-8H,2-6H2,1H3,(H,13,14,15,18). The number of esters is 1. The number of nitrogens with zero attached hydrogens (tertiary/aromatic N) is 3. The fraction of sp³-hybridized carbons (Fsp3) is 0.667. The Morgan fingerprint density at radius 1 is 1.35 bits per heavy atom. The molecule has 0 bridgehead atoms. The Morgan fingerprint density at radius 2 is 2.05 bits per heavy atom. The number of nitrogens with one attached hydrogen (secondary N) is 1. The van der Waals surface area contributed by atoms with Crippen LogP contribution in [0.1, 0.15) is 29.9 Å². The molecular weight excluding hydrogens is 280 g/mol. The van der Waals surface area contributed by atoms with E-state index in [-0.39, 0.29) is 11.9 Å². The third-order valence-corrected chi connectivity index (χ3v) is 4.65. The molecule has 2 unspecified atom stereocenters. The fourth-order valence-corrected chi connectivity index (χ4v) is 3.57. The number of carbonyl (C=O) groups is 2. The van der Waals surface area contributed by atoms with Gasteiger partial charge in [-0.05, 0) is 24.7 Å². The third-order valence-electron chi connectivity index (χ3n) is 4.02. The second kappa shape index (κ2) is 5.35. The summed E-state index contributed by atoms with van der Waals surface area (Å²) in [5, 5.41) is 3.02. The number of amides is 2. The third kappa shape index (κ3) is 2.47. The monoisotopic (exact) mass is 296 g/mol. The van der Waals surface area contributed by atoms with E-state index in [1.165, 1.54) is 26.4 Å². The SMILES string of the molecule is COC(=O)c1nsc(NC(=O)N2CC3CCCC3C2)n1. The first-order chi connectivity index (χ1) is 9.67. The summed E-state index contributed by atoms with van der Waals surface area (Å²) in [5.74, 6) is 0.685. The van der Waals surface area contributed by atoms with Crippen LogP contribution in [-0.4, -0.2) is 46.5 Å². The Bertz CT molecular complexity index is 521. The van der Waals surface area contributed by atoms with Crippen molar-refractivity contribution in [2.45, 2.75) is 19.3 Å². The molecule has 0 radical (unpaired) electrons. The van der Waals surface area contributed by atoms with Crippen LogP contribution in [0.2, 0.25) is 0 Å². The van der Waals surface area contributed by atoms with Gasteiger partial charge in [-0.1, -0.05) is 6.42 Å².